The van der Waals surface area contributed by atoms with Crippen LogP contribution in [-0.4, -0.2) is 37.0 Å². The van der Waals surface area contributed by atoms with E-state index in [0.717, 1.165) is 42.0 Å². The summed E-state index contributed by atoms with van der Waals surface area (Å²) in [5.41, 5.74) is 3.42. The van der Waals surface area contributed by atoms with Gasteiger partial charge in [-0.3, -0.25) is 4.79 Å². The lowest BCUT2D eigenvalue weighted by atomic mass is 9.89. The topological polar surface area (TPSA) is 70.7 Å². The first-order valence-corrected chi connectivity index (χ1v) is 11.2. The quantitative estimate of drug-likeness (QED) is 0.561. The third-order valence-electron chi connectivity index (χ3n) is 5.99. The molecule has 0 radical (unpaired) electrons. The van der Waals surface area contributed by atoms with Crippen LogP contribution < -0.4 is 15.4 Å². The molecule has 1 aliphatic rings. The summed E-state index contributed by atoms with van der Waals surface area (Å²) in [5.74, 6) is 0.821. The van der Waals surface area contributed by atoms with Crippen LogP contribution in [0.15, 0.2) is 78.9 Å². The van der Waals surface area contributed by atoms with Crippen LogP contribution in [0, 0.1) is 0 Å². The largest absolute Gasteiger partial charge is 0.496 e. The van der Waals surface area contributed by atoms with Gasteiger partial charge in [0.25, 0.3) is 5.91 Å². The number of methoxy groups -OCH3 is 1. The van der Waals surface area contributed by atoms with Gasteiger partial charge in [-0.25, -0.2) is 4.79 Å². The number of likely N-dealkylation sites (tertiary alicyclic amines) is 1. The van der Waals surface area contributed by atoms with Crippen LogP contribution in [0.4, 0.5) is 10.5 Å². The van der Waals surface area contributed by atoms with E-state index in [1.54, 1.807) is 7.11 Å². The van der Waals surface area contributed by atoms with Crippen LogP contribution in [0.3, 0.4) is 0 Å². The first-order chi connectivity index (χ1) is 16.1. The number of nitrogens with one attached hydrogen (secondary N) is 2. The molecule has 0 bridgehead atoms. The molecule has 2 N–H and O–H groups in total. The fourth-order valence-corrected chi connectivity index (χ4v) is 4.22. The Kier molecular flexibility index (Phi) is 7.25. The molecule has 0 saturated carbocycles. The Morgan fingerprint density at radius 2 is 1.79 bits per heavy atom. The van der Waals surface area contributed by atoms with Gasteiger partial charge < -0.3 is 20.3 Å². The van der Waals surface area contributed by atoms with E-state index in [0.29, 0.717) is 18.7 Å². The van der Waals surface area contributed by atoms with Gasteiger partial charge in [-0.05, 0) is 48.7 Å². The fourth-order valence-electron chi connectivity index (χ4n) is 4.22. The van der Waals surface area contributed by atoms with E-state index in [2.05, 4.69) is 10.6 Å². The molecule has 3 amide bonds. The van der Waals surface area contributed by atoms with E-state index in [-0.39, 0.29) is 17.9 Å². The van der Waals surface area contributed by atoms with Crippen molar-refractivity contribution in [1.29, 1.82) is 0 Å². The lowest BCUT2D eigenvalue weighted by molar-refractivity contribution is 0.0950. The minimum atomic E-state index is -0.128. The summed E-state index contributed by atoms with van der Waals surface area (Å²) in [5, 5.41) is 5.95. The van der Waals surface area contributed by atoms with Gasteiger partial charge in [-0.15, -0.1) is 0 Å². The Bertz CT molecular complexity index is 1100. The molecule has 0 unspecified atom stereocenters. The molecule has 1 aliphatic heterocycles. The summed E-state index contributed by atoms with van der Waals surface area (Å²) < 4.78 is 5.36. The summed E-state index contributed by atoms with van der Waals surface area (Å²) in [7, 11) is 1.62. The van der Waals surface area contributed by atoms with Crippen LogP contribution in [-0.2, 0) is 6.54 Å². The first-order valence-electron chi connectivity index (χ1n) is 11.2. The molecular formula is C27H29N3O3. The normalized spacial score (nSPS) is 15.5. The number of hydrogen-bond acceptors (Lipinski definition) is 3. The van der Waals surface area contributed by atoms with E-state index in [1.807, 2.05) is 83.8 Å². The molecule has 4 rings (SSSR count). The summed E-state index contributed by atoms with van der Waals surface area (Å²) in [4.78, 5) is 27.4. The molecule has 33 heavy (non-hydrogen) atoms. The molecule has 0 aromatic heterocycles. The number of ether oxygens (including phenoxy) is 1. The zero-order valence-electron chi connectivity index (χ0n) is 18.8. The molecule has 6 nitrogen and oxygen atoms in total. The number of para-hydroxylation sites is 2. The zero-order chi connectivity index (χ0) is 23.0. The van der Waals surface area contributed by atoms with Gasteiger partial charge in [-0.1, -0.05) is 48.5 Å². The standard InChI is InChI=1S/C27H29N3O3/c1-33-25-15-6-5-9-22(25)18-28-26(31)21-11-7-10-20(17-21)23-12-8-16-30(19-23)27(32)29-24-13-3-2-4-14-24/h2-7,9-11,13-15,17,23H,8,12,16,18-19H2,1H3,(H,28,31)(H,29,32)/t23-/m0/s1. The van der Waals surface area contributed by atoms with Crippen molar-refractivity contribution in [2.75, 3.05) is 25.5 Å². The fraction of sp³-hybridized carbons (Fsp3) is 0.259. The van der Waals surface area contributed by atoms with E-state index in [4.69, 9.17) is 4.74 Å². The van der Waals surface area contributed by atoms with Crippen molar-refractivity contribution in [2.45, 2.75) is 25.3 Å². The lowest BCUT2D eigenvalue weighted by Gasteiger charge is -2.33. The minimum Gasteiger partial charge on any atom is -0.496 e. The van der Waals surface area contributed by atoms with Gasteiger partial charge in [0.1, 0.15) is 5.75 Å². The van der Waals surface area contributed by atoms with Gasteiger partial charge in [0.15, 0.2) is 0 Å². The molecular weight excluding hydrogens is 414 g/mol. The average molecular weight is 444 g/mol. The lowest BCUT2D eigenvalue weighted by Crippen LogP contribution is -2.41. The van der Waals surface area contributed by atoms with E-state index in [9.17, 15) is 9.59 Å². The zero-order valence-corrected chi connectivity index (χ0v) is 18.8. The molecule has 3 aromatic carbocycles. The number of carbonyl (C=O) groups is 2. The second kappa shape index (κ2) is 10.7. The van der Waals surface area contributed by atoms with Crippen LogP contribution in [0.1, 0.15) is 40.2 Å². The summed E-state index contributed by atoms with van der Waals surface area (Å²) >= 11 is 0. The number of carbonyl (C=O) groups excluding carboxylic acids is 2. The smallest absolute Gasteiger partial charge is 0.321 e. The SMILES string of the molecule is COc1ccccc1CNC(=O)c1cccc([C@H]2CCCN(C(=O)Nc3ccccc3)C2)c1. The van der Waals surface area contributed by atoms with Crippen molar-refractivity contribution in [2.24, 2.45) is 0 Å². The third kappa shape index (κ3) is 5.71. The van der Waals surface area contributed by atoms with Crippen LogP contribution in [0.5, 0.6) is 5.75 Å². The van der Waals surface area contributed by atoms with Crippen molar-refractivity contribution in [3.8, 4) is 5.75 Å². The number of benzene rings is 3. The molecule has 1 saturated heterocycles. The molecule has 0 spiro atoms. The molecule has 6 heteroatoms. The van der Waals surface area contributed by atoms with Gasteiger partial charge in [0.2, 0.25) is 0 Å². The number of amides is 3. The van der Waals surface area contributed by atoms with E-state index < -0.39 is 0 Å². The number of nitrogens with zero attached hydrogens (tertiary/aromatic N) is 1. The van der Waals surface area contributed by atoms with Gasteiger partial charge in [-0.2, -0.15) is 0 Å². The number of hydrogen-bond donors (Lipinski definition) is 2. The first kappa shape index (κ1) is 22.4. The van der Waals surface area contributed by atoms with Crippen molar-refractivity contribution in [3.05, 3.63) is 95.6 Å². The predicted octanol–water partition coefficient (Wildman–Crippen LogP) is 5.04. The second-order valence-electron chi connectivity index (χ2n) is 8.20. The van der Waals surface area contributed by atoms with Crippen molar-refractivity contribution < 1.29 is 14.3 Å². The minimum absolute atomic E-state index is 0.0865. The summed E-state index contributed by atoms with van der Waals surface area (Å²) in [6.45, 7) is 1.75. The number of anilines is 1. The third-order valence-corrected chi connectivity index (χ3v) is 5.99. The average Bonchev–Trinajstić information content (AvgIpc) is 2.88. The Labute approximate surface area is 194 Å². The van der Waals surface area contributed by atoms with Crippen molar-refractivity contribution >= 4 is 17.6 Å². The highest BCUT2D eigenvalue weighted by Crippen LogP contribution is 2.28. The Balaban J connectivity index is 1.39. The Hall–Kier alpha value is -3.80. The molecule has 170 valence electrons. The number of urea groups is 1. The van der Waals surface area contributed by atoms with Crippen molar-refractivity contribution in [3.63, 3.8) is 0 Å². The van der Waals surface area contributed by atoms with E-state index in [1.165, 1.54) is 0 Å². The highest BCUT2D eigenvalue weighted by molar-refractivity contribution is 5.94. The van der Waals surface area contributed by atoms with Crippen LogP contribution in [0.25, 0.3) is 0 Å². The summed E-state index contributed by atoms with van der Waals surface area (Å²) in [6, 6.07) is 24.8. The Morgan fingerprint density at radius 1 is 1.00 bits per heavy atom. The highest BCUT2D eigenvalue weighted by Gasteiger charge is 2.25. The second-order valence-corrected chi connectivity index (χ2v) is 8.20. The molecule has 1 fully saturated rings. The molecule has 1 heterocycles. The van der Waals surface area contributed by atoms with Crippen LogP contribution in [0.2, 0.25) is 0 Å². The molecule has 0 aliphatic carbocycles. The van der Waals surface area contributed by atoms with Gasteiger partial charge in [0.05, 0.1) is 7.11 Å². The van der Waals surface area contributed by atoms with Crippen molar-refractivity contribution in [1.82, 2.24) is 10.2 Å². The van der Waals surface area contributed by atoms with Crippen LogP contribution >= 0.6 is 0 Å². The highest BCUT2D eigenvalue weighted by atomic mass is 16.5. The number of piperidine rings is 1. The predicted molar refractivity (Wildman–Crippen MR) is 130 cm³/mol. The number of rotatable bonds is 6. The monoisotopic (exact) mass is 443 g/mol. The molecule has 3 aromatic rings. The van der Waals surface area contributed by atoms with Gasteiger partial charge in [0, 0.05) is 42.4 Å². The maximum Gasteiger partial charge on any atom is 0.321 e. The van der Waals surface area contributed by atoms with E-state index >= 15 is 0 Å². The maximum atomic E-state index is 12.8. The summed E-state index contributed by atoms with van der Waals surface area (Å²) in [6.07, 6.45) is 1.92. The Morgan fingerprint density at radius 3 is 2.61 bits per heavy atom. The van der Waals surface area contributed by atoms with Gasteiger partial charge >= 0.3 is 6.03 Å². The maximum absolute atomic E-state index is 12.8. The molecule has 1 atom stereocenters.